The van der Waals surface area contributed by atoms with Crippen molar-refractivity contribution in [3.8, 4) is 0 Å². The van der Waals surface area contributed by atoms with Crippen molar-refractivity contribution < 1.29 is 8.42 Å². The van der Waals surface area contributed by atoms with Gasteiger partial charge in [0, 0.05) is 31.4 Å². The Labute approximate surface area is 131 Å². The third-order valence-corrected chi connectivity index (χ3v) is 5.61. The highest BCUT2D eigenvalue weighted by Gasteiger charge is 2.30. The Morgan fingerprint density at radius 3 is 2.81 bits per heavy atom. The second kappa shape index (κ2) is 6.50. The molecular formula is C14H22ClN3O2S. The number of pyridine rings is 1. The third kappa shape index (κ3) is 4.31. The van der Waals surface area contributed by atoms with E-state index in [1.54, 1.807) is 6.20 Å². The number of nitrogens with one attached hydrogen (secondary N) is 1. The highest BCUT2D eigenvalue weighted by molar-refractivity contribution is 7.91. The van der Waals surface area contributed by atoms with Crippen molar-refractivity contribution in [1.82, 2.24) is 10.3 Å². The number of nitrogens with zero attached hydrogens (tertiary/aromatic N) is 2. The van der Waals surface area contributed by atoms with E-state index >= 15 is 0 Å². The minimum atomic E-state index is -2.93. The second-order valence-electron chi connectivity index (χ2n) is 5.84. The summed E-state index contributed by atoms with van der Waals surface area (Å²) in [5, 5.41) is 3.89. The van der Waals surface area contributed by atoms with Crippen LogP contribution in [0.15, 0.2) is 12.3 Å². The van der Waals surface area contributed by atoms with Crippen molar-refractivity contribution in [2.75, 3.05) is 23.0 Å². The second-order valence-corrected chi connectivity index (χ2v) is 8.48. The molecule has 2 heterocycles. The molecule has 1 atom stereocenters. The standard InChI is InChI=1S/C14H22ClN3O2S/c1-10(2)16-7-12-6-13(15)14(17-8-12)18-4-5-21(19,20)9-11(18)3/h6,8,10-11,16H,4-5,7,9H2,1-3H3. The Bertz CT molecular complexity index is 604. The average molecular weight is 332 g/mol. The molecule has 0 bridgehead atoms. The van der Waals surface area contributed by atoms with Crippen LogP contribution in [0.2, 0.25) is 5.02 Å². The summed E-state index contributed by atoms with van der Waals surface area (Å²) in [5.74, 6) is 0.987. The fourth-order valence-corrected chi connectivity index (χ4v) is 4.27. The molecule has 1 saturated heterocycles. The van der Waals surface area contributed by atoms with Gasteiger partial charge < -0.3 is 10.2 Å². The number of hydrogen-bond donors (Lipinski definition) is 1. The average Bonchev–Trinajstić information content (AvgIpc) is 2.36. The smallest absolute Gasteiger partial charge is 0.154 e. The maximum atomic E-state index is 11.6. The predicted molar refractivity (Wildman–Crippen MR) is 86.7 cm³/mol. The molecule has 2 rings (SSSR count). The van der Waals surface area contributed by atoms with Crippen molar-refractivity contribution in [1.29, 1.82) is 0 Å². The van der Waals surface area contributed by atoms with E-state index in [9.17, 15) is 8.42 Å². The SMILES string of the molecule is CC(C)NCc1cnc(N2CCS(=O)(=O)CC2C)c(Cl)c1. The highest BCUT2D eigenvalue weighted by Crippen LogP contribution is 2.27. The Kier molecular flexibility index (Phi) is 5.11. The van der Waals surface area contributed by atoms with Crippen LogP contribution in [0.1, 0.15) is 26.3 Å². The van der Waals surface area contributed by atoms with Crippen molar-refractivity contribution >= 4 is 27.3 Å². The van der Waals surface area contributed by atoms with Gasteiger partial charge in [0.2, 0.25) is 0 Å². The number of hydrogen-bond acceptors (Lipinski definition) is 5. The maximum absolute atomic E-state index is 11.6. The molecule has 1 aromatic heterocycles. The summed E-state index contributed by atoms with van der Waals surface area (Å²) in [6.45, 7) is 7.22. The molecule has 1 unspecified atom stereocenters. The van der Waals surface area contributed by atoms with Crippen LogP contribution >= 0.6 is 11.6 Å². The number of anilines is 1. The van der Waals surface area contributed by atoms with Crippen LogP contribution in [-0.4, -0.2) is 43.5 Å². The molecule has 1 aromatic rings. The summed E-state index contributed by atoms with van der Waals surface area (Å²) >= 11 is 6.33. The summed E-state index contributed by atoms with van der Waals surface area (Å²) in [4.78, 5) is 6.41. The first-order valence-corrected chi connectivity index (χ1v) is 9.33. The van der Waals surface area contributed by atoms with E-state index in [1.165, 1.54) is 0 Å². The van der Waals surface area contributed by atoms with Gasteiger partial charge in [-0.1, -0.05) is 25.4 Å². The molecule has 1 aliphatic heterocycles. The first-order chi connectivity index (χ1) is 9.78. The van der Waals surface area contributed by atoms with Gasteiger partial charge in [0.05, 0.1) is 16.5 Å². The van der Waals surface area contributed by atoms with Gasteiger partial charge in [-0.25, -0.2) is 13.4 Å². The van der Waals surface area contributed by atoms with Gasteiger partial charge >= 0.3 is 0 Å². The number of aromatic nitrogens is 1. The van der Waals surface area contributed by atoms with Crippen molar-refractivity contribution in [3.63, 3.8) is 0 Å². The highest BCUT2D eigenvalue weighted by atomic mass is 35.5. The van der Waals surface area contributed by atoms with E-state index < -0.39 is 9.84 Å². The first-order valence-electron chi connectivity index (χ1n) is 7.13. The van der Waals surface area contributed by atoms with Gasteiger partial charge in [0.15, 0.2) is 9.84 Å². The molecule has 0 spiro atoms. The van der Waals surface area contributed by atoms with Crippen molar-refractivity contribution in [3.05, 3.63) is 22.8 Å². The van der Waals surface area contributed by atoms with Crippen LogP contribution < -0.4 is 10.2 Å². The van der Waals surface area contributed by atoms with E-state index in [0.29, 0.717) is 30.0 Å². The van der Waals surface area contributed by atoms with E-state index in [1.807, 2.05) is 17.9 Å². The lowest BCUT2D eigenvalue weighted by atomic mass is 10.2. The van der Waals surface area contributed by atoms with Gasteiger partial charge in [-0.05, 0) is 18.6 Å². The molecule has 0 amide bonds. The monoisotopic (exact) mass is 331 g/mol. The van der Waals surface area contributed by atoms with E-state index in [-0.39, 0.29) is 17.5 Å². The zero-order valence-electron chi connectivity index (χ0n) is 12.6. The lowest BCUT2D eigenvalue weighted by Gasteiger charge is -2.34. The maximum Gasteiger partial charge on any atom is 0.154 e. The molecule has 118 valence electrons. The van der Waals surface area contributed by atoms with Crippen molar-refractivity contribution in [2.24, 2.45) is 0 Å². The molecule has 0 aromatic carbocycles. The normalized spacial score (nSPS) is 21.8. The largest absolute Gasteiger partial charge is 0.351 e. The van der Waals surface area contributed by atoms with Crippen LogP contribution in [-0.2, 0) is 16.4 Å². The molecule has 1 N–H and O–H groups in total. The molecule has 21 heavy (non-hydrogen) atoms. The molecule has 1 aliphatic rings. The minimum Gasteiger partial charge on any atom is -0.351 e. The zero-order chi connectivity index (χ0) is 15.6. The topological polar surface area (TPSA) is 62.3 Å². The first kappa shape index (κ1) is 16.5. The molecule has 7 heteroatoms. The summed E-state index contributed by atoms with van der Waals surface area (Å²) in [5.41, 5.74) is 1.02. The summed E-state index contributed by atoms with van der Waals surface area (Å²) in [6, 6.07) is 2.19. The van der Waals surface area contributed by atoms with Crippen molar-refractivity contribution in [2.45, 2.75) is 39.4 Å². The van der Waals surface area contributed by atoms with Gasteiger partial charge in [-0.15, -0.1) is 0 Å². The number of rotatable bonds is 4. The Balaban J connectivity index is 2.14. The fraction of sp³-hybridized carbons (Fsp3) is 0.643. The summed E-state index contributed by atoms with van der Waals surface area (Å²) in [7, 11) is -2.93. The molecule has 5 nitrogen and oxygen atoms in total. The molecule has 0 radical (unpaired) electrons. The van der Waals surface area contributed by atoms with Gasteiger partial charge in [-0.2, -0.15) is 0 Å². The third-order valence-electron chi connectivity index (χ3n) is 3.54. The van der Waals surface area contributed by atoms with Crippen LogP contribution in [0.5, 0.6) is 0 Å². The number of sulfone groups is 1. The van der Waals surface area contributed by atoms with Crippen LogP contribution in [0, 0.1) is 0 Å². The van der Waals surface area contributed by atoms with E-state index in [4.69, 9.17) is 11.6 Å². The molecular weight excluding hydrogens is 310 g/mol. The Hall–Kier alpha value is -0.850. The molecule has 1 fully saturated rings. The van der Waals surface area contributed by atoms with Crippen LogP contribution in [0.25, 0.3) is 0 Å². The summed E-state index contributed by atoms with van der Waals surface area (Å²) in [6.07, 6.45) is 1.80. The Morgan fingerprint density at radius 2 is 2.24 bits per heavy atom. The molecule has 0 aliphatic carbocycles. The number of halogens is 1. The van der Waals surface area contributed by atoms with Crippen LogP contribution in [0.3, 0.4) is 0 Å². The minimum absolute atomic E-state index is 0.103. The van der Waals surface area contributed by atoms with E-state index in [0.717, 1.165) is 5.56 Å². The lowest BCUT2D eigenvalue weighted by Crippen LogP contribution is -2.47. The van der Waals surface area contributed by atoms with E-state index in [2.05, 4.69) is 24.1 Å². The van der Waals surface area contributed by atoms with Gasteiger partial charge in [0.25, 0.3) is 0 Å². The quantitative estimate of drug-likeness (QED) is 0.912. The lowest BCUT2D eigenvalue weighted by molar-refractivity contribution is 0.566. The zero-order valence-corrected chi connectivity index (χ0v) is 14.2. The predicted octanol–water partition coefficient (Wildman–Crippen LogP) is 1.86. The summed E-state index contributed by atoms with van der Waals surface area (Å²) < 4.78 is 23.3. The van der Waals surface area contributed by atoms with Gasteiger partial charge in [0.1, 0.15) is 5.82 Å². The van der Waals surface area contributed by atoms with Crippen LogP contribution in [0.4, 0.5) is 5.82 Å². The Morgan fingerprint density at radius 1 is 1.52 bits per heavy atom. The fourth-order valence-electron chi connectivity index (χ4n) is 2.41. The molecule has 0 saturated carbocycles. The van der Waals surface area contributed by atoms with Gasteiger partial charge in [-0.3, -0.25) is 0 Å².